The number of aryl methyl sites for hydroxylation is 1. The highest BCUT2D eigenvalue weighted by molar-refractivity contribution is 5.03. The zero-order valence-electron chi connectivity index (χ0n) is 6.95. The van der Waals surface area contributed by atoms with Crippen molar-refractivity contribution in [2.24, 2.45) is 5.92 Å². The maximum Gasteiger partial charge on any atom is 0.0492 e. The van der Waals surface area contributed by atoms with Crippen molar-refractivity contribution in [2.75, 3.05) is 0 Å². The van der Waals surface area contributed by atoms with Gasteiger partial charge in [-0.3, -0.25) is 4.68 Å². The molecule has 0 aliphatic carbocycles. The summed E-state index contributed by atoms with van der Waals surface area (Å²) in [5.41, 5.74) is 1.41. The van der Waals surface area contributed by atoms with E-state index >= 15 is 0 Å². The second kappa shape index (κ2) is 2.68. The van der Waals surface area contributed by atoms with Crippen molar-refractivity contribution in [3.05, 3.63) is 18.0 Å². The minimum Gasteiger partial charge on any atom is -0.269 e. The standard InChI is InChI=1S/C9H14N2/c1-2-8-3-4-9-5-6-10-11(9)7-8/h5-6,8H,2-4,7H2,1H3. The van der Waals surface area contributed by atoms with Crippen LogP contribution in [0.1, 0.15) is 25.5 Å². The number of hydrogen-bond acceptors (Lipinski definition) is 1. The van der Waals surface area contributed by atoms with E-state index in [-0.39, 0.29) is 0 Å². The summed E-state index contributed by atoms with van der Waals surface area (Å²) in [6.45, 7) is 3.40. The van der Waals surface area contributed by atoms with E-state index in [4.69, 9.17) is 0 Å². The Bertz CT molecular complexity index is 239. The fraction of sp³-hybridized carbons (Fsp3) is 0.667. The summed E-state index contributed by atoms with van der Waals surface area (Å²) < 4.78 is 2.15. The fourth-order valence-corrected chi connectivity index (χ4v) is 1.76. The van der Waals surface area contributed by atoms with E-state index in [1.54, 1.807) is 0 Å². The Kier molecular flexibility index (Phi) is 1.68. The molecule has 1 aromatic heterocycles. The molecule has 1 unspecified atom stereocenters. The van der Waals surface area contributed by atoms with Crippen molar-refractivity contribution in [1.82, 2.24) is 9.78 Å². The van der Waals surface area contributed by atoms with Crippen LogP contribution in [0, 0.1) is 5.92 Å². The lowest BCUT2D eigenvalue weighted by molar-refractivity contribution is 0.338. The van der Waals surface area contributed by atoms with Crippen molar-refractivity contribution >= 4 is 0 Å². The van der Waals surface area contributed by atoms with E-state index in [1.807, 2.05) is 6.20 Å². The van der Waals surface area contributed by atoms with E-state index < -0.39 is 0 Å². The van der Waals surface area contributed by atoms with Gasteiger partial charge in [0, 0.05) is 18.4 Å². The third-order valence-corrected chi connectivity index (χ3v) is 2.62. The molecule has 0 N–H and O–H groups in total. The Balaban J connectivity index is 2.18. The van der Waals surface area contributed by atoms with Crippen LogP contribution in [0.5, 0.6) is 0 Å². The van der Waals surface area contributed by atoms with Crippen LogP contribution in [-0.2, 0) is 13.0 Å². The number of nitrogens with zero attached hydrogens (tertiary/aromatic N) is 2. The van der Waals surface area contributed by atoms with Crippen LogP contribution in [0.25, 0.3) is 0 Å². The minimum atomic E-state index is 0.863. The molecule has 0 saturated heterocycles. The Morgan fingerprint density at radius 2 is 2.64 bits per heavy atom. The molecule has 0 spiro atoms. The molecule has 60 valence electrons. The Morgan fingerprint density at radius 1 is 1.73 bits per heavy atom. The van der Waals surface area contributed by atoms with Crippen LogP contribution < -0.4 is 0 Å². The first-order valence-electron chi connectivity index (χ1n) is 4.41. The van der Waals surface area contributed by atoms with Crippen LogP contribution in [-0.4, -0.2) is 9.78 Å². The van der Waals surface area contributed by atoms with Gasteiger partial charge in [-0.25, -0.2) is 0 Å². The molecule has 0 amide bonds. The van der Waals surface area contributed by atoms with Gasteiger partial charge in [-0.15, -0.1) is 0 Å². The van der Waals surface area contributed by atoms with E-state index in [1.165, 1.54) is 25.0 Å². The Hall–Kier alpha value is -0.790. The van der Waals surface area contributed by atoms with Gasteiger partial charge >= 0.3 is 0 Å². The molecule has 2 heteroatoms. The summed E-state index contributed by atoms with van der Waals surface area (Å²) >= 11 is 0. The van der Waals surface area contributed by atoms with Gasteiger partial charge in [0.1, 0.15) is 0 Å². The third kappa shape index (κ3) is 1.17. The van der Waals surface area contributed by atoms with Gasteiger partial charge in [0.05, 0.1) is 0 Å². The van der Waals surface area contributed by atoms with E-state index in [0.717, 1.165) is 12.5 Å². The van der Waals surface area contributed by atoms with Crippen molar-refractivity contribution < 1.29 is 0 Å². The normalized spacial score (nSPS) is 23.2. The highest BCUT2D eigenvalue weighted by Gasteiger charge is 2.16. The number of hydrogen-bond donors (Lipinski definition) is 0. The number of aromatic nitrogens is 2. The highest BCUT2D eigenvalue weighted by Crippen LogP contribution is 2.20. The Morgan fingerprint density at radius 3 is 3.45 bits per heavy atom. The molecule has 1 aliphatic heterocycles. The minimum absolute atomic E-state index is 0.863. The topological polar surface area (TPSA) is 17.8 Å². The molecular formula is C9H14N2. The molecule has 0 saturated carbocycles. The van der Waals surface area contributed by atoms with E-state index in [2.05, 4.69) is 22.8 Å². The van der Waals surface area contributed by atoms with Crippen LogP contribution in [0.15, 0.2) is 12.3 Å². The zero-order valence-corrected chi connectivity index (χ0v) is 6.95. The van der Waals surface area contributed by atoms with E-state index in [9.17, 15) is 0 Å². The summed E-state index contributed by atoms with van der Waals surface area (Å²) in [7, 11) is 0. The van der Waals surface area contributed by atoms with Gasteiger partial charge < -0.3 is 0 Å². The lowest BCUT2D eigenvalue weighted by Crippen LogP contribution is -2.19. The molecule has 1 aromatic rings. The maximum atomic E-state index is 4.27. The van der Waals surface area contributed by atoms with E-state index in [0.29, 0.717) is 0 Å². The molecule has 2 heterocycles. The summed E-state index contributed by atoms with van der Waals surface area (Å²) in [4.78, 5) is 0. The predicted octanol–water partition coefficient (Wildman–Crippen LogP) is 1.86. The first-order valence-corrected chi connectivity index (χ1v) is 4.41. The highest BCUT2D eigenvalue weighted by atomic mass is 15.3. The molecule has 0 bridgehead atoms. The molecule has 0 aromatic carbocycles. The van der Waals surface area contributed by atoms with Crippen LogP contribution in [0.2, 0.25) is 0 Å². The summed E-state index contributed by atoms with van der Waals surface area (Å²) in [5, 5.41) is 4.27. The average molecular weight is 150 g/mol. The van der Waals surface area contributed by atoms with Crippen molar-refractivity contribution in [2.45, 2.75) is 32.7 Å². The van der Waals surface area contributed by atoms with Gasteiger partial charge in [0.2, 0.25) is 0 Å². The third-order valence-electron chi connectivity index (χ3n) is 2.62. The van der Waals surface area contributed by atoms with Gasteiger partial charge in [-0.1, -0.05) is 13.3 Å². The van der Waals surface area contributed by atoms with Crippen LogP contribution in [0.3, 0.4) is 0 Å². The summed E-state index contributed by atoms with van der Waals surface area (Å²) in [6.07, 6.45) is 5.77. The molecule has 11 heavy (non-hydrogen) atoms. The molecule has 0 fully saturated rings. The van der Waals surface area contributed by atoms with Gasteiger partial charge in [0.15, 0.2) is 0 Å². The van der Waals surface area contributed by atoms with Crippen molar-refractivity contribution in [3.8, 4) is 0 Å². The SMILES string of the molecule is CCC1CCc2ccnn2C1. The lowest BCUT2D eigenvalue weighted by Gasteiger charge is -2.21. The summed E-state index contributed by atoms with van der Waals surface area (Å²) in [5.74, 6) is 0.863. The van der Waals surface area contributed by atoms with Gasteiger partial charge in [-0.05, 0) is 24.8 Å². The smallest absolute Gasteiger partial charge is 0.0492 e. The monoisotopic (exact) mass is 150 g/mol. The van der Waals surface area contributed by atoms with Crippen molar-refractivity contribution in [3.63, 3.8) is 0 Å². The molecule has 0 radical (unpaired) electrons. The lowest BCUT2D eigenvalue weighted by atomic mass is 9.96. The average Bonchev–Trinajstić information content (AvgIpc) is 2.50. The second-order valence-corrected chi connectivity index (χ2v) is 3.32. The molecule has 2 rings (SSSR count). The molecule has 1 atom stereocenters. The number of fused-ring (bicyclic) bond motifs is 1. The first-order chi connectivity index (χ1) is 5.40. The number of rotatable bonds is 1. The summed E-state index contributed by atoms with van der Waals surface area (Å²) in [6, 6.07) is 2.13. The van der Waals surface area contributed by atoms with Crippen LogP contribution >= 0.6 is 0 Å². The second-order valence-electron chi connectivity index (χ2n) is 3.32. The fourth-order valence-electron chi connectivity index (χ4n) is 1.76. The largest absolute Gasteiger partial charge is 0.269 e. The predicted molar refractivity (Wildman–Crippen MR) is 44.3 cm³/mol. The quantitative estimate of drug-likeness (QED) is 0.597. The first kappa shape index (κ1) is 6.89. The molecule has 2 nitrogen and oxygen atoms in total. The Labute approximate surface area is 67.2 Å². The maximum absolute atomic E-state index is 4.27. The van der Waals surface area contributed by atoms with Gasteiger partial charge in [-0.2, -0.15) is 5.10 Å². The zero-order chi connectivity index (χ0) is 7.68. The molecule has 1 aliphatic rings. The van der Waals surface area contributed by atoms with Gasteiger partial charge in [0.25, 0.3) is 0 Å². The van der Waals surface area contributed by atoms with Crippen molar-refractivity contribution in [1.29, 1.82) is 0 Å². The molecular weight excluding hydrogens is 136 g/mol. The van der Waals surface area contributed by atoms with Crippen LogP contribution in [0.4, 0.5) is 0 Å².